The SMILES string of the molecule is C=CC(=O)NCCC(=O)N1CCCN(C(=O)c2ccccc2F)CC1. The van der Waals surface area contributed by atoms with Gasteiger partial charge < -0.3 is 15.1 Å². The fraction of sp³-hybridized carbons (Fsp3) is 0.389. The van der Waals surface area contributed by atoms with Gasteiger partial charge in [0.1, 0.15) is 5.82 Å². The Morgan fingerprint density at radius 2 is 1.80 bits per heavy atom. The average Bonchev–Trinajstić information content (AvgIpc) is 2.87. The van der Waals surface area contributed by atoms with E-state index in [1.807, 2.05) is 0 Å². The predicted octanol–water partition coefficient (Wildman–Crippen LogP) is 1.19. The Morgan fingerprint density at radius 3 is 2.52 bits per heavy atom. The van der Waals surface area contributed by atoms with Crippen molar-refractivity contribution >= 4 is 17.7 Å². The Bertz CT molecular complexity index is 663. The second-order valence-electron chi connectivity index (χ2n) is 5.75. The van der Waals surface area contributed by atoms with Crippen molar-refractivity contribution in [1.82, 2.24) is 15.1 Å². The molecule has 0 bridgehead atoms. The van der Waals surface area contributed by atoms with Crippen LogP contribution in [0.3, 0.4) is 0 Å². The Morgan fingerprint density at radius 1 is 1.12 bits per heavy atom. The number of carbonyl (C=O) groups excluding carboxylic acids is 3. The van der Waals surface area contributed by atoms with Gasteiger partial charge in [-0.2, -0.15) is 0 Å². The van der Waals surface area contributed by atoms with Gasteiger partial charge in [-0.05, 0) is 24.6 Å². The molecule has 0 atom stereocenters. The number of hydrogen-bond donors (Lipinski definition) is 1. The van der Waals surface area contributed by atoms with Crippen LogP contribution in [-0.2, 0) is 9.59 Å². The van der Waals surface area contributed by atoms with Gasteiger partial charge in [0.2, 0.25) is 11.8 Å². The highest BCUT2D eigenvalue weighted by Crippen LogP contribution is 2.13. The van der Waals surface area contributed by atoms with E-state index in [9.17, 15) is 18.8 Å². The van der Waals surface area contributed by atoms with Gasteiger partial charge in [-0.3, -0.25) is 14.4 Å². The van der Waals surface area contributed by atoms with Crippen molar-refractivity contribution in [3.8, 4) is 0 Å². The van der Waals surface area contributed by atoms with Crippen LogP contribution in [0, 0.1) is 5.82 Å². The summed E-state index contributed by atoms with van der Waals surface area (Å²) in [7, 11) is 0. The Labute approximate surface area is 146 Å². The first-order valence-electron chi connectivity index (χ1n) is 8.24. The van der Waals surface area contributed by atoms with Crippen molar-refractivity contribution in [3.63, 3.8) is 0 Å². The smallest absolute Gasteiger partial charge is 0.256 e. The molecule has 1 fully saturated rings. The summed E-state index contributed by atoms with van der Waals surface area (Å²) in [6, 6.07) is 5.90. The predicted molar refractivity (Wildman–Crippen MR) is 91.3 cm³/mol. The van der Waals surface area contributed by atoms with Crippen LogP contribution in [0.15, 0.2) is 36.9 Å². The maximum absolute atomic E-state index is 13.8. The standard InChI is InChI=1S/C18H22FN3O3/c1-2-16(23)20-9-8-17(24)21-10-5-11-22(13-12-21)18(25)14-6-3-4-7-15(14)19/h2-4,6-7H,1,5,8-13H2,(H,20,23). The molecule has 6 nitrogen and oxygen atoms in total. The number of nitrogens with zero attached hydrogens (tertiary/aromatic N) is 2. The van der Waals surface area contributed by atoms with Gasteiger partial charge in [-0.1, -0.05) is 18.7 Å². The molecular formula is C18H22FN3O3. The molecule has 1 aromatic carbocycles. The topological polar surface area (TPSA) is 69.7 Å². The van der Waals surface area contributed by atoms with E-state index >= 15 is 0 Å². The molecular weight excluding hydrogens is 325 g/mol. The van der Waals surface area contributed by atoms with Crippen LogP contribution in [0.5, 0.6) is 0 Å². The van der Waals surface area contributed by atoms with Crippen LogP contribution in [0.25, 0.3) is 0 Å². The zero-order valence-electron chi connectivity index (χ0n) is 14.0. The first-order chi connectivity index (χ1) is 12.0. The maximum atomic E-state index is 13.8. The van der Waals surface area contributed by atoms with Crippen LogP contribution in [0.2, 0.25) is 0 Å². The first kappa shape index (κ1) is 18.6. The van der Waals surface area contributed by atoms with Crippen LogP contribution in [-0.4, -0.2) is 60.2 Å². The summed E-state index contributed by atoms with van der Waals surface area (Å²) in [6.45, 7) is 5.36. The van der Waals surface area contributed by atoms with Crippen LogP contribution >= 0.6 is 0 Å². The van der Waals surface area contributed by atoms with E-state index in [0.717, 1.165) is 6.08 Å². The number of rotatable bonds is 5. The molecule has 2 rings (SSSR count). The lowest BCUT2D eigenvalue weighted by Crippen LogP contribution is -2.38. The van der Waals surface area contributed by atoms with Crippen molar-refractivity contribution in [2.24, 2.45) is 0 Å². The molecule has 1 N–H and O–H groups in total. The van der Waals surface area contributed by atoms with Crippen LogP contribution < -0.4 is 5.32 Å². The quantitative estimate of drug-likeness (QED) is 0.814. The lowest BCUT2D eigenvalue weighted by Gasteiger charge is -2.22. The summed E-state index contributed by atoms with van der Waals surface area (Å²) in [4.78, 5) is 39.0. The molecule has 0 aromatic heterocycles. The van der Waals surface area contributed by atoms with E-state index in [1.165, 1.54) is 12.1 Å². The van der Waals surface area contributed by atoms with Crippen LogP contribution in [0.1, 0.15) is 23.2 Å². The Balaban J connectivity index is 1.88. The zero-order chi connectivity index (χ0) is 18.2. The average molecular weight is 347 g/mol. The van der Waals surface area contributed by atoms with Gasteiger partial charge in [0, 0.05) is 39.1 Å². The summed E-state index contributed by atoms with van der Waals surface area (Å²) in [6.07, 6.45) is 1.98. The minimum absolute atomic E-state index is 0.0504. The number of halogens is 1. The van der Waals surface area contributed by atoms with E-state index < -0.39 is 5.82 Å². The molecule has 25 heavy (non-hydrogen) atoms. The maximum Gasteiger partial charge on any atom is 0.256 e. The molecule has 1 aliphatic rings. The minimum atomic E-state index is -0.539. The molecule has 0 saturated carbocycles. The lowest BCUT2D eigenvalue weighted by atomic mass is 10.2. The fourth-order valence-electron chi connectivity index (χ4n) is 2.70. The Hall–Kier alpha value is -2.70. The van der Waals surface area contributed by atoms with Crippen molar-refractivity contribution in [1.29, 1.82) is 0 Å². The van der Waals surface area contributed by atoms with Gasteiger partial charge >= 0.3 is 0 Å². The monoisotopic (exact) mass is 347 g/mol. The molecule has 3 amide bonds. The number of nitrogens with one attached hydrogen (secondary N) is 1. The second-order valence-corrected chi connectivity index (χ2v) is 5.75. The number of benzene rings is 1. The Kier molecular flexibility index (Phi) is 6.68. The summed E-state index contributed by atoms with van der Waals surface area (Å²) < 4.78 is 13.8. The van der Waals surface area contributed by atoms with E-state index in [0.29, 0.717) is 32.6 Å². The highest BCUT2D eigenvalue weighted by molar-refractivity contribution is 5.94. The molecule has 7 heteroatoms. The van der Waals surface area contributed by atoms with E-state index in [2.05, 4.69) is 11.9 Å². The molecule has 1 saturated heterocycles. The molecule has 0 unspecified atom stereocenters. The first-order valence-corrected chi connectivity index (χ1v) is 8.24. The highest BCUT2D eigenvalue weighted by Gasteiger charge is 2.24. The molecule has 0 radical (unpaired) electrons. The van der Waals surface area contributed by atoms with Gasteiger partial charge in [0.25, 0.3) is 5.91 Å². The summed E-state index contributed by atoms with van der Waals surface area (Å²) in [5.41, 5.74) is 0.0504. The summed E-state index contributed by atoms with van der Waals surface area (Å²) in [5, 5.41) is 2.56. The third-order valence-electron chi connectivity index (χ3n) is 4.06. The number of hydrogen-bond acceptors (Lipinski definition) is 3. The van der Waals surface area contributed by atoms with Crippen molar-refractivity contribution in [3.05, 3.63) is 48.3 Å². The van der Waals surface area contributed by atoms with E-state index in [4.69, 9.17) is 0 Å². The van der Waals surface area contributed by atoms with Crippen molar-refractivity contribution < 1.29 is 18.8 Å². The third kappa shape index (κ3) is 5.14. The van der Waals surface area contributed by atoms with Gasteiger partial charge in [-0.15, -0.1) is 0 Å². The molecule has 0 spiro atoms. The second kappa shape index (κ2) is 8.96. The minimum Gasteiger partial charge on any atom is -0.352 e. The molecule has 1 heterocycles. The van der Waals surface area contributed by atoms with Gasteiger partial charge in [0.05, 0.1) is 5.56 Å². The molecule has 1 aromatic rings. The van der Waals surface area contributed by atoms with Gasteiger partial charge in [-0.25, -0.2) is 4.39 Å². The molecule has 0 aliphatic carbocycles. The normalized spacial score (nSPS) is 14.6. The highest BCUT2D eigenvalue weighted by atomic mass is 19.1. The largest absolute Gasteiger partial charge is 0.352 e. The summed E-state index contributed by atoms with van der Waals surface area (Å²) in [5.74, 6) is -1.29. The molecule has 1 aliphatic heterocycles. The van der Waals surface area contributed by atoms with Crippen molar-refractivity contribution in [2.75, 3.05) is 32.7 Å². The number of carbonyl (C=O) groups is 3. The number of amides is 3. The van der Waals surface area contributed by atoms with Crippen LogP contribution in [0.4, 0.5) is 4.39 Å². The van der Waals surface area contributed by atoms with Gasteiger partial charge in [0.15, 0.2) is 0 Å². The van der Waals surface area contributed by atoms with E-state index in [1.54, 1.807) is 21.9 Å². The lowest BCUT2D eigenvalue weighted by molar-refractivity contribution is -0.131. The third-order valence-corrected chi connectivity index (χ3v) is 4.06. The fourth-order valence-corrected chi connectivity index (χ4v) is 2.70. The zero-order valence-corrected chi connectivity index (χ0v) is 14.0. The molecule has 134 valence electrons. The van der Waals surface area contributed by atoms with E-state index in [-0.39, 0.29) is 36.3 Å². The van der Waals surface area contributed by atoms with Crippen molar-refractivity contribution in [2.45, 2.75) is 12.8 Å². The summed E-state index contributed by atoms with van der Waals surface area (Å²) >= 11 is 0.